The molecule has 3 heterocycles. The summed E-state index contributed by atoms with van der Waals surface area (Å²) in [5, 5.41) is 10.7. The number of carbonyl (C=O) groups excluding carboxylic acids is 3. The number of hydrogen-bond donors (Lipinski definition) is 1. The van der Waals surface area contributed by atoms with Gasteiger partial charge in [-0.05, 0) is 76.1 Å². The van der Waals surface area contributed by atoms with Crippen LogP contribution in [0.25, 0.3) is 0 Å². The fourth-order valence-electron chi connectivity index (χ4n) is 8.49. The fraction of sp³-hybridized carbons (Fsp3) is 0.649. The summed E-state index contributed by atoms with van der Waals surface area (Å²) in [4.78, 5) is 51.6. The van der Waals surface area contributed by atoms with Crippen molar-refractivity contribution in [1.29, 1.82) is 0 Å². The molecule has 0 aromatic heterocycles. The SMILES string of the molecule is C=CCN(CCC)C(=O)[C@H]1[C@H]2C(=O)N([C@@H](CO)CC(C)C)C(C(=O)N(CC=C)c3ccc(N(CC)CC)cc3)C23CC(C)[C@]1(C)O3. The van der Waals surface area contributed by atoms with Crippen LogP contribution in [0, 0.1) is 23.7 Å². The molecule has 0 radical (unpaired) electrons. The van der Waals surface area contributed by atoms with Crippen molar-refractivity contribution in [3.05, 3.63) is 49.6 Å². The topological polar surface area (TPSA) is 93.6 Å². The zero-order valence-electron chi connectivity index (χ0n) is 29.1. The van der Waals surface area contributed by atoms with Crippen molar-refractivity contribution in [2.24, 2.45) is 23.7 Å². The summed E-state index contributed by atoms with van der Waals surface area (Å²) in [5.74, 6) is -2.21. The van der Waals surface area contributed by atoms with E-state index in [1.165, 1.54) is 0 Å². The van der Waals surface area contributed by atoms with Gasteiger partial charge < -0.3 is 29.4 Å². The second-order valence-corrected chi connectivity index (χ2v) is 13.9. The molecule has 3 amide bonds. The summed E-state index contributed by atoms with van der Waals surface area (Å²) in [6, 6.07) is 6.28. The number of ether oxygens (including phenoxy) is 1. The molecule has 1 aromatic rings. The third-order valence-corrected chi connectivity index (χ3v) is 10.6. The van der Waals surface area contributed by atoms with Crippen molar-refractivity contribution >= 4 is 29.1 Å². The molecule has 1 spiro atoms. The molecule has 46 heavy (non-hydrogen) atoms. The lowest BCUT2D eigenvalue weighted by atomic mass is 9.62. The maximum atomic E-state index is 15.1. The van der Waals surface area contributed by atoms with Gasteiger partial charge in [-0.3, -0.25) is 14.4 Å². The Morgan fingerprint density at radius 1 is 1.07 bits per heavy atom. The van der Waals surface area contributed by atoms with E-state index in [1.54, 1.807) is 26.9 Å². The van der Waals surface area contributed by atoms with Crippen molar-refractivity contribution in [1.82, 2.24) is 9.80 Å². The minimum absolute atomic E-state index is 0.0770. The van der Waals surface area contributed by atoms with Crippen LogP contribution in [0.4, 0.5) is 11.4 Å². The average molecular weight is 637 g/mol. The fourth-order valence-corrected chi connectivity index (χ4v) is 8.49. The molecule has 1 N–H and O–H groups in total. The Kier molecular flexibility index (Phi) is 11.1. The normalized spacial score (nSPS) is 28.7. The number of aliphatic hydroxyl groups excluding tert-OH is 1. The van der Waals surface area contributed by atoms with E-state index in [0.717, 1.165) is 25.2 Å². The third-order valence-electron chi connectivity index (χ3n) is 10.6. The molecule has 4 rings (SSSR count). The Balaban J connectivity index is 1.86. The number of hydrogen-bond acceptors (Lipinski definition) is 6. The quantitative estimate of drug-likeness (QED) is 0.260. The van der Waals surface area contributed by atoms with Crippen LogP contribution in [0.5, 0.6) is 0 Å². The minimum Gasteiger partial charge on any atom is -0.394 e. The highest BCUT2D eigenvalue weighted by atomic mass is 16.5. The van der Waals surface area contributed by atoms with E-state index in [0.29, 0.717) is 31.6 Å². The van der Waals surface area contributed by atoms with Crippen LogP contribution in [0.3, 0.4) is 0 Å². The number of anilines is 2. The summed E-state index contributed by atoms with van der Waals surface area (Å²) < 4.78 is 7.00. The van der Waals surface area contributed by atoms with Gasteiger partial charge in [0.1, 0.15) is 11.6 Å². The van der Waals surface area contributed by atoms with E-state index >= 15 is 4.79 Å². The van der Waals surface area contributed by atoms with Gasteiger partial charge in [0.2, 0.25) is 11.8 Å². The molecule has 3 saturated heterocycles. The first-order chi connectivity index (χ1) is 21.9. The largest absolute Gasteiger partial charge is 0.394 e. The molecule has 1 aromatic carbocycles. The van der Waals surface area contributed by atoms with Crippen LogP contribution < -0.4 is 9.80 Å². The predicted octanol–water partition coefficient (Wildman–Crippen LogP) is 4.89. The molecule has 0 saturated carbocycles. The summed E-state index contributed by atoms with van der Waals surface area (Å²) >= 11 is 0. The van der Waals surface area contributed by atoms with E-state index in [9.17, 15) is 14.7 Å². The van der Waals surface area contributed by atoms with Crippen molar-refractivity contribution < 1.29 is 24.2 Å². The molecule has 2 bridgehead atoms. The molecule has 3 fully saturated rings. The van der Waals surface area contributed by atoms with Crippen molar-refractivity contribution in [2.45, 2.75) is 91.0 Å². The first-order valence-corrected chi connectivity index (χ1v) is 17.2. The van der Waals surface area contributed by atoms with Gasteiger partial charge in [-0.2, -0.15) is 0 Å². The molecule has 0 aliphatic carbocycles. The Labute approximate surface area is 276 Å². The number of rotatable bonds is 16. The zero-order valence-corrected chi connectivity index (χ0v) is 29.1. The van der Waals surface area contributed by atoms with Crippen LogP contribution >= 0.6 is 0 Å². The number of nitrogens with zero attached hydrogens (tertiary/aromatic N) is 4. The number of aliphatic hydroxyl groups is 1. The van der Waals surface area contributed by atoms with Gasteiger partial charge >= 0.3 is 0 Å². The second kappa shape index (κ2) is 14.3. The molecular weight excluding hydrogens is 580 g/mol. The van der Waals surface area contributed by atoms with Crippen LogP contribution in [-0.4, -0.2) is 95.2 Å². The lowest BCUT2D eigenvalue weighted by Crippen LogP contribution is -2.59. The molecule has 3 aliphatic rings. The number of benzene rings is 1. The molecule has 3 aliphatic heterocycles. The standard InChI is InChI=1S/C37H56N4O5/c1-10-19-39(20-11-2)33(43)30-31-34(44)41(29(24-42)22-25(6)7)32(37(31)23-26(8)36(30,9)46-37)35(45)40(21-12-3)28-17-15-27(16-18-28)38(13-4)14-5/h10,12,15-18,25-26,29-32,42H,1,3,11,13-14,19-24H2,2,4-9H3/t26?,29-,30-,31+,32?,36+,37?/m1/s1. The van der Waals surface area contributed by atoms with Crippen LogP contribution in [-0.2, 0) is 19.1 Å². The number of likely N-dealkylation sites (tertiary alicyclic amines) is 1. The minimum atomic E-state index is -1.21. The second-order valence-electron chi connectivity index (χ2n) is 13.9. The average Bonchev–Trinajstić information content (AvgIpc) is 3.55. The van der Waals surface area contributed by atoms with Crippen LogP contribution in [0.2, 0.25) is 0 Å². The van der Waals surface area contributed by atoms with E-state index < -0.39 is 35.1 Å². The van der Waals surface area contributed by atoms with Gasteiger partial charge in [0.15, 0.2) is 0 Å². The van der Waals surface area contributed by atoms with E-state index in [4.69, 9.17) is 4.74 Å². The van der Waals surface area contributed by atoms with Crippen LogP contribution in [0.1, 0.15) is 67.7 Å². The highest BCUT2D eigenvalue weighted by molar-refractivity contribution is 6.05. The lowest BCUT2D eigenvalue weighted by Gasteiger charge is -2.40. The Bertz CT molecular complexity index is 1280. The maximum Gasteiger partial charge on any atom is 0.253 e. The summed E-state index contributed by atoms with van der Waals surface area (Å²) in [5.41, 5.74) is -0.376. The summed E-state index contributed by atoms with van der Waals surface area (Å²) in [6.07, 6.45) is 5.14. The Morgan fingerprint density at radius 3 is 2.20 bits per heavy atom. The van der Waals surface area contributed by atoms with E-state index in [-0.39, 0.29) is 42.7 Å². The number of carbonyl (C=O) groups is 3. The third kappa shape index (κ3) is 5.89. The maximum absolute atomic E-state index is 15.1. The molecule has 9 heteroatoms. The first-order valence-electron chi connectivity index (χ1n) is 17.2. The van der Waals surface area contributed by atoms with Crippen molar-refractivity contribution in [2.75, 3.05) is 49.1 Å². The lowest BCUT2D eigenvalue weighted by molar-refractivity contribution is -0.154. The zero-order chi connectivity index (χ0) is 34.0. The number of fused-ring (bicyclic) bond motifs is 1. The monoisotopic (exact) mass is 636 g/mol. The summed E-state index contributed by atoms with van der Waals surface area (Å²) in [7, 11) is 0. The molecule has 9 nitrogen and oxygen atoms in total. The van der Waals surface area contributed by atoms with Gasteiger partial charge in [0, 0.05) is 44.1 Å². The molecular formula is C37H56N4O5. The van der Waals surface area contributed by atoms with E-state index in [2.05, 4.69) is 38.8 Å². The first kappa shape index (κ1) is 35.7. The Morgan fingerprint density at radius 2 is 1.67 bits per heavy atom. The predicted molar refractivity (Wildman–Crippen MR) is 184 cm³/mol. The molecule has 254 valence electrons. The molecule has 7 atom stereocenters. The highest BCUT2D eigenvalue weighted by Gasteiger charge is 2.80. The van der Waals surface area contributed by atoms with Crippen molar-refractivity contribution in [3.8, 4) is 0 Å². The van der Waals surface area contributed by atoms with E-state index in [1.807, 2.05) is 52.0 Å². The van der Waals surface area contributed by atoms with Gasteiger partial charge in [0.25, 0.3) is 5.91 Å². The van der Waals surface area contributed by atoms with Gasteiger partial charge in [-0.15, -0.1) is 13.2 Å². The van der Waals surface area contributed by atoms with Crippen LogP contribution in [0.15, 0.2) is 49.6 Å². The smallest absolute Gasteiger partial charge is 0.253 e. The number of amides is 3. The van der Waals surface area contributed by atoms with Crippen molar-refractivity contribution in [3.63, 3.8) is 0 Å². The Hall–Kier alpha value is -3.17. The highest BCUT2D eigenvalue weighted by Crippen LogP contribution is 2.66. The summed E-state index contributed by atoms with van der Waals surface area (Å²) in [6.45, 7) is 24.7. The van der Waals surface area contributed by atoms with Gasteiger partial charge in [-0.25, -0.2) is 0 Å². The van der Waals surface area contributed by atoms with Gasteiger partial charge in [0.05, 0.1) is 30.1 Å². The van der Waals surface area contributed by atoms with Gasteiger partial charge in [-0.1, -0.05) is 39.8 Å². The molecule has 3 unspecified atom stereocenters.